The molecule has 0 bridgehead atoms. The van der Waals surface area contributed by atoms with Crippen LogP contribution in [0.25, 0.3) is 0 Å². The van der Waals surface area contributed by atoms with Gasteiger partial charge in [-0.2, -0.15) is 0 Å². The zero-order valence-corrected chi connectivity index (χ0v) is 3.09. The van der Waals surface area contributed by atoms with E-state index in [4.69, 9.17) is 0 Å². The van der Waals surface area contributed by atoms with Gasteiger partial charge in [-0.25, -0.2) is 4.39 Å². The second-order valence-electron chi connectivity index (χ2n) is 0.519. The fourth-order valence-electron chi connectivity index (χ4n) is 0. The van der Waals surface area contributed by atoms with Crippen LogP contribution >= 0.6 is 11.6 Å². The average Bonchev–Trinajstić information content (AvgIpc) is 0.811. The standard InChI is InChI=1S/C2H4ClF/c1-2(3)4/h2H,1H3/t2-/m1/s1. The van der Waals surface area contributed by atoms with Gasteiger partial charge in [-0.15, -0.1) is 0 Å². The van der Waals surface area contributed by atoms with Gasteiger partial charge in [-0.1, -0.05) is 11.6 Å². The normalized spacial score (nSPS) is 15.8. The molecule has 0 spiro atoms. The summed E-state index contributed by atoms with van der Waals surface area (Å²) >= 11 is 4.61. The predicted molar refractivity (Wildman–Crippen MR) is 16.4 cm³/mol. The largest absolute Gasteiger partial charge is 0.230 e. The third kappa shape index (κ3) is 68.3. The van der Waals surface area contributed by atoms with Crippen LogP contribution < -0.4 is 0 Å². The molecular formula is C2H4ClF. The molecule has 0 aliphatic rings. The Labute approximate surface area is 29.6 Å². The van der Waals surface area contributed by atoms with Crippen LogP contribution in [0.4, 0.5) is 4.39 Å². The highest BCUT2D eigenvalue weighted by atomic mass is 35.5. The van der Waals surface area contributed by atoms with E-state index in [1.165, 1.54) is 6.92 Å². The third-order valence-electron chi connectivity index (χ3n) is 0. The summed E-state index contributed by atoms with van der Waals surface area (Å²) in [6, 6.07) is 0. The lowest BCUT2D eigenvalue weighted by atomic mass is 10.9. The van der Waals surface area contributed by atoms with Gasteiger partial charge in [0.2, 0.25) is 0 Å². The van der Waals surface area contributed by atoms with Gasteiger partial charge >= 0.3 is 0 Å². The lowest BCUT2D eigenvalue weighted by molar-refractivity contribution is 0.475. The molecule has 0 heterocycles. The average molecular weight is 82.5 g/mol. The highest BCUT2D eigenvalue weighted by Gasteiger charge is 1.77. The molecule has 0 amide bonds. The summed E-state index contributed by atoms with van der Waals surface area (Å²) in [6.07, 6.45) is 0. The molecule has 26 valence electrons. The monoisotopic (exact) mass is 82.0 g/mol. The molecule has 0 saturated heterocycles. The van der Waals surface area contributed by atoms with Crippen LogP contribution in [0.3, 0.4) is 0 Å². The highest BCUT2D eigenvalue weighted by molar-refractivity contribution is 6.19. The van der Waals surface area contributed by atoms with E-state index in [2.05, 4.69) is 11.6 Å². The van der Waals surface area contributed by atoms with Crippen molar-refractivity contribution in [3.63, 3.8) is 0 Å². The molecule has 0 aliphatic carbocycles. The maximum atomic E-state index is 10.8. The summed E-state index contributed by atoms with van der Waals surface area (Å²) in [6.45, 7) is 1.27. The maximum absolute atomic E-state index is 10.8. The van der Waals surface area contributed by atoms with Crippen LogP contribution in [-0.4, -0.2) is 5.63 Å². The van der Waals surface area contributed by atoms with Crippen molar-refractivity contribution in [1.82, 2.24) is 0 Å². The zero-order valence-electron chi connectivity index (χ0n) is 2.33. The Bertz CT molecular complexity index is 10.8. The molecule has 0 unspecified atom stereocenters. The number of halogens is 2. The van der Waals surface area contributed by atoms with E-state index >= 15 is 0 Å². The summed E-state index contributed by atoms with van der Waals surface area (Å²) < 4.78 is 10.8. The first-order chi connectivity index (χ1) is 1.73. The summed E-state index contributed by atoms with van der Waals surface area (Å²) in [7, 11) is 0. The molecule has 0 aliphatic heterocycles. The van der Waals surface area contributed by atoms with Gasteiger partial charge in [-0.05, 0) is 6.92 Å². The quantitative estimate of drug-likeness (QED) is 0.389. The molecular weight excluding hydrogens is 78.5 g/mol. The molecule has 0 aromatic carbocycles. The SMILES string of the molecule is C[C@@H](F)Cl. The minimum Gasteiger partial charge on any atom is -0.230 e. The lowest BCUT2D eigenvalue weighted by Gasteiger charge is -1.71. The Balaban J connectivity index is 2.32. The first-order valence-corrected chi connectivity index (χ1v) is 1.45. The van der Waals surface area contributed by atoms with E-state index in [1.54, 1.807) is 0 Å². The van der Waals surface area contributed by atoms with E-state index < -0.39 is 5.63 Å². The van der Waals surface area contributed by atoms with Crippen molar-refractivity contribution in [2.75, 3.05) is 0 Å². The molecule has 0 fully saturated rings. The molecule has 0 rings (SSSR count). The molecule has 0 N–H and O–H groups in total. The predicted octanol–water partition coefficient (Wildman–Crippen LogP) is 1.54. The second kappa shape index (κ2) is 1.53. The molecule has 2 heteroatoms. The maximum Gasteiger partial charge on any atom is 0.170 e. The Morgan fingerprint density at radius 1 is 2.00 bits per heavy atom. The van der Waals surface area contributed by atoms with Crippen LogP contribution in [0, 0.1) is 0 Å². The summed E-state index contributed by atoms with van der Waals surface area (Å²) in [4.78, 5) is 0. The first-order valence-electron chi connectivity index (χ1n) is 1.01. The molecule has 0 nitrogen and oxygen atoms in total. The highest BCUT2D eigenvalue weighted by Crippen LogP contribution is 1.89. The van der Waals surface area contributed by atoms with Crippen molar-refractivity contribution in [2.45, 2.75) is 12.6 Å². The van der Waals surface area contributed by atoms with Crippen molar-refractivity contribution in [3.8, 4) is 0 Å². The van der Waals surface area contributed by atoms with Gasteiger partial charge in [0, 0.05) is 0 Å². The molecule has 0 aromatic heterocycles. The summed E-state index contributed by atoms with van der Waals surface area (Å²) in [5.41, 5.74) is -1.19. The van der Waals surface area contributed by atoms with Crippen LogP contribution in [0.2, 0.25) is 0 Å². The molecule has 0 saturated carbocycles. The fraction of sp³-hybridized carbons (Fsp3) is 1.00. The van der Waals surface area contributed by atoms with Crippen LogP contribution in [0.5, 0.6) is 0 Å². The Hall–Kier alpha value is 0.220. The fourth-order valence-corrected chi connectivity index (χ4v) is 0. The van der Waals surface area contributed by atoms with E-state index in [0.717, 1.165) is 0 Å². The number of hydrogen-bond acceptors (Lipinski definition) is 0. The minimum atomic E-state index is -1.19. The Morgan fingerprint density at radius 2 is 2.00 bits per heavy atom. The van der Waals surface area contributed by atoms with Crippen molar-refractivity contribution in [2.24, 2.45) is 0 Å². The van der Waals surface area contributed by atoms with Crippen LogP contribution in [-0.2, 0) is 0 Å². The zero-order chi connectivity index (χ0) is 3.58. The van der Waals surface area contributed by atoms with E-state index in [9.17, 15) is 4.39 Å². The van der Waals surface area contributed by atoms with Gasteiger partial charge < -0.3 is 0 Å². The topological polar surface area (TPSA) is 0 Å². The van der Waals surface area contributed by atoms with Gasteiger partial charge in [-0.3, -0.25) is 0 Å². The number of rotatable bonds is 0. The van der Waals surface area contributed by atoms with Gasteiger partial charge in [0.1, 0.15) is 0 Å². The van der Waals surface area contributed by atoms with E-state index in [1.807, 2.05) is 0 Å². The van der Waals surface area contributed by atoms with Gasteiger partial charge in [0.15, 0.2) is 5.63 Å². The smallest absolute Gasteiger partial charge is 0.170 e. The van der Waals surface area contributed by atoms with Gasteiger partial charge in [0.05, 0.1) is 0 Å². The van der Waals surface area contributed by atoms with Crippen molar-refractivity contribution < 1.29 is 4.39 Å². The van der Waals surface area contributed by atoms with Crippen molar-refractivity contribution in [1.29, 1.82) is 0 Å². The lowest BCUT2D eigenvalue weighted by Crippen LogP contribution is -1.66. The van der Waals surface area contributed by atoms with Crippen molar-refractivity contribution in [3.05, 3.63) is 0 Å². The number of alkyl halides is 2. The van der Waals surface area contributed by atoms with Crippen LogP contribution in [0.15, 0.2) is 0 Å². The molecule has 4 heavy (non-hydrogen) atoms. The molecule has 1 atom stereocenters. The Morgan fingerprint density at radius 3 is 2.00 bits per heavy atom. The second-order valence-corrected chi connectivity index (χ2v) is 1.12. The Kier molecular flexibility index (Phi) is 1.61. The van der Waals surface area contributed by atoms with E-state index in [-0.39, 0.29) is 0 Å². The third-order valence-corrected chi connectivity index (χ3v) is 0. The summed E-state index contributed by atoms with van der Waals surface area (Å²) in [5.74, 6) is 0. The van der Waals surface area contributed by atoms with E-state index in [0.29, 0.717) is 0 Å². The summed E-state index contributed by atoms with van der Waals surface area (Å²) in [5, 5.41) is 0. The minimum absolute atomic E-state index is 1.19. The first kappa shape index (κ1) is 4.22. The number of hydrogen-bond donors (Lipinski definition) is 0. The molecule has 0 radical (unpaired) electrons. The van der Waals surface area contributed by atoms with Gasteiger partial charge in [0.25, 0.3) is 0 Å². The molecule has 0 aromatic rings. The van der Waals surface area contributed by atoms with Crippen LogP contribution in [0.1, 0.15) is 6.92 Å². The van der Waals surface area contributed by atoms with Crippen molar-refractivity contribution >= 4 is 11.6 Å².